The first-order valence-electron chi connectivity index (χ1n) is 7.26. The fourth-order valence-corrected chi connectivity index (χ4v) is 2.99. The summed E-state index contributed by atoms with van der Waals surface area (Å²) in [6.07, 6.45) is 2.77. The Morgan fingerprint density at radius 3 is 2.33 bits per heavy atom. The molecule has 0 spiro atoms. The van der Waals surface area contributed by atoms with Crippen molar-refractivity contribution in [3.63, 3.8) is 0 Å². The molecule has 0 saturated heterocycles. The van der Waals surface area contributed by atoms with Gasteiger partial charge in [0.25, 0.3) is 0 Å². The minimum atomic E-state index is -0.930. The number of hydrogen-bond donors (Lipinski definition) is 3. The van der Waals surface area contributed by atoms with Gasteiger partial charge in [-0.05, 0) is 18.4 Å². The van der Waals surface area contributed by atoms with E-state index in [4.69, 9.17) is 0 Å². The Morgan fingerprint density at radius 2 is 1.81 bits per heavy atom. The predicted molar refractivity (Wildman–Crippen MR) is 77.6 cm³/mol. The number of nitrogens with one attached hydrogen (secondary N) is 1. The van der Waals surface area contributed by atoms with Crippen LogP contribution in [-0.2, 0) is 9.59 Å². The van der Waals surface area contributed by atoms with E-state index in [1.54, 1.807) is 0 Å². The standard InChI is InChI=1S/C16H21NO4/c18-11-13(12-6-2-1-3-7-12)17-14(19)10-16(15(20)21)8-4-5-9-16/h1-3,6-7,13,18H,4-5,8-11H2,(H,17,19)(H,20,21)/t13-/m0/s1. The van der Waals surface area contributed by atoms with E-state index in [0.717, 1.165) is 18.4 Å². The number of carbonyl (C=O) groups excluding carboxylic acids is 1. The minimum Gasteiger partial charge on any atom is -0.481 e. The van der Waals surface area contributed by atoms with Gasteiger partial charge in [-0.1, -0.05) is 43.2 Å². The molecule has 21 heavy (non-hydrogen) atoms. The van der Waals surface area contributed by atoms with Crippen molar-refractivity contribution in [3.05, 3.63) is 35.9 Å². The zero-order valence-corrected chi connectivity index (χ0v) is 11.9. The summed E-state index contributed by atoms with van der Waals surface area (Å²) in [6, 6.07) is 8.68. The lowest BCUT2D eigenvalue weighted by Crippen LogP contribution is -2.38. The van der Waals surface area contributed by atoms with Crippen molar-refractivity contribution in [2.75, 3.05) is 6.61 Å². The zero-order valence-electron chi connectivity index (χ0n) is 11.9. The number of carboxylic acids is 1. The lowest BCUT2D eigenvalue weighted by Gasteiger charge is -2.24. The van der Waals surface area contributed by atoms with Crippen LogP contribution in [-0.4, -0.2) is 28.7 Å². The number of amides is 1. The number of aliphatic carboxylic acids is 1. The van der Waals surface area contributed by atoms with Crippen LogP contribution in [0.4, 0.5) is 0 Å². The summed E-state index contributed by atoms with van der Waals surface area (Å²) < 4.78 is 0. The molecule has 1 fully saturated rings. The van der Waals surface area contributed by atoms with Crippen LogP contribution < -0.4 is 5.32 Å². The third-order valence-electron chi connectivity index (χ3n) is 4.23. The summed E-state index contributed by atoms with van der Waals surface area (Å²) in [7, 11) is 0. The van der Waals surface area contributed by atoms with E-state index in [1.807, 2.05) is 30.3 Å². The van der Waals surface area contributed by atoms with Crippen molar-refractivity contribution in [2.45, 2.75) is 38.1 Å². The van der Waals surface area contributed by atoms with Gasteiger partial charge in [0, 0.05) is 6.42 Å². The maximum atomic E-state index is 12.2. The Bertz CT molecular complexity index is 494. The number of rotatable bonds is 6. The first-order valence-corrected chi connectivity index (χ1v) is 7.26. The second-order valence-corrected chi connectivity index (χ2v) is 5.68. The van der Waals surface area contributed by atoms with Crippen LogP contribution in [0.3, 0.4) is 0 Å². The van der Waals surface area contributed by atoms with Crippen LogP contribution in [0, 0.1) is 5.41 Å². The average molecular weight is 291 g/mol. The van der Waals surface area contributed by atoms with Crippen molar-refractivity contribution >= 4 is 11.9 Å². The lowest BCUT2D eigenvalue weighted by molar-refractivity contribution is -0.151. The molecule has 3 N–H and O–H groups in total. The molecule has 0 aromatic heterocycles. The van der Waals surface area contributed by atoms with E-state index in [1.165, 1.54) is 0 Å². The van der Waals surface area contributed by atoms with E-state index < -0.39 is 17.4 Å². The summed E-state index contributed by atoms with van der Waals surface area (Å²) in [5.41, 5.74) is -0.120. The average Bonchev–Trinajstić information content (AvgIpc) is 2.95. The molecule has 0 bridgehead atoms. The third kappa shape index (κ3) is 3.61. The summed E-state index contributed by atoms with van der Waals surface area (Å²) in [6.45, 7) is -0.212. The van der Waals surface area contributed by atoms with Gasteiger partial charge >= 0.3 is 5.97 Å². The number of carbonyl (C=O) groups is 2. The molecule has 114 valence electrons. The molecule has 1 amide bonds. The number of benzene rings is 1. The van der Waals surface area contributed by atoms with E-state index >= 15 is 0 Å². The highest BCUT2D eigenvalue weighted by molar-refractivity contribution is 5.85. The first-order chi connectivity index (χ1) is 10.1. The maximum absolute atomic E-state index is 12.2. The largest absolute Gasteiger partial charge is 0.481 e. The molecule has 1 aromatic rings. The van der Waals surface area contributed by atoms with Gasteiger partial charge in [-0.3, -0.25) is 9.59 Å². The van der Waals surface area contributed by atoms with Gasteiger partial charge in [0.1, 0.15) is 0 Å². The van der Waals surface area contributed by atoms with Crippen molar-refractivity contribution < 1.29 is 19.8 Å². The third-order valence-corrected chi connectivity index (χ3v) is 4.23. The summed E-state index contributed by atoms with van der Waals surface area (Å²) in [4.78, 5) is 23.6. The van der Waals surface area contributed by atoms with Crippen molar-refractivity contribution in [2.24, 2.45) is 5.41 Å². The molecule has 1 aromatic carbocycles. The second kappa shape index (κ2) is 6.72. The molecular weight excluding hydrogens is 270 g/mol. The molecule has 0 aliphatic heterocycles. The highest BCUT2D eigenvalue weighted by Crippen LogP contribution is 2.41. The SMILES string of the molecule is O=C(CC1(C(=O)O)CCCC1)N[C@@H](CO)c1ccccc1. The van der Waals surface area contributed by atoms with Gasteiger partial charge in [0.05, 0.1) is 18.1 Å². The summed E-state index contributed by atoms with van der Waals surface area (Å²) in [5, 5.41) is 21.6. The van der Waals surface area contributed by atoms with Gasteiger partial charge in [-0.15, -0.1) is 0 Å². The predicted octanol–water partition coefficient (Wildman–Crippen LogP) is 1.87. The molecule has 1 aliphatic carbocycles. The van der Waals surface area contributed by atoms with Crippen LogP contribution in [0.15, 0.2) is 30.3 Å². The van der Waals surface area contributed by atoms with E-state index in [0.29, 0.717) is 12.8 Å². The molecular formula is C16H21NO4. The quantitative estimate of drug-likeness (QED) is 0.747. The number of aliphatic hydroxyl groups excluding tert-OH is 1. The van der Waals surface area contributed by atoms with Crippen LogP contribution in [0.1, 0.15) is 43.7 Å². The van der Waals surface area contributed by atoms with Crippen LogP contribution in [0.2, 0.25) is 0 Å². The fourth-order valence-electron chi connectivity index (χ4n) is 2.99. The fraction of sp³-hybridized carbons (Fsp3) is 0.500. The Kier molecular flexibility index (Phi) is 4.96. The van der Waals surface area contributed by atoms with Crippen molar-refractivity contribution in [3.8, 4) is 0 Å². The molecule has 2 rings (SSSR count). The number of hydrogen-bond acceptors (Lipinski definition) is 3. The maximum Gasteiger partial charge on any atom is 0.310 e. The second-order valence-electron chi connectivity index (χ2n) is 5.68. The van der Waals surface area contributed by atoms with Gasteiger partial charge in [0.15, 0.2) is 0 Å². The Hall–Kier alpha value is -1.88. The van der Waals surface area contributed by atoms with E-state index in [-0.39, 0.29) is 18.9 Å². The highest BCUT2D eigenvalue weighted by atomic mass is 16.4. The molecule has 0 unspecified atom stereocenters. The van der Waals surface area contributed by atoms with Gasteiger partial charge < -0.3 is 15.5 Å². The normalized spacial score (nSPS) is 18.1. The van der Waals surface area contributed by atoms with Crippen molar-refractivity contribution in [1.29, 1.82) is 0 Å². The van der Waals surface area contributed by atoms with Crippen LogP contribution in [0.5, 0.6) is 0 Å². The van der Waals surface area contributed by atoms with Gasteiger partial charge in [0.2, 0.25) is 5.91 Å². The number of aliphatic hydroxyl groups is 1. The first kappa shape index (κ1) is 15.5. The van der Waals surface area contributed by atoms with Gasteiger partial charge in [-0.25, -0.2) is 0 Å². The lowest BCUT2D eigenvalue weighted by atomic mass is 9.82. The van der Waals surface area contributed by atoms with Gasteiger partial charge in [-0.2, -0.15) is 0 Å². The molecule has 1 atom stereocenters. The topological polar surface area (TPSA) is 86.6 Å². The molecule has 0 radical (unpaired) electrons. The smallest absolute Gasteiger partial charge is 0.310 e. The molecule has 5 heteroatoms. The van der Waals surface area contributed by atoms with E-state index in [2.05, 4.69) is 5.32 Å². The Morgan fingerprint density at radius 1 is 1.19 bits per heavy atom. The summed E-state index contributed by atoms with van der Waals surface area (Å²) in [5.74, 6) is -1.21. The monoisotopic (exact) mass is 291 g/mol. The Labute approximate surface area is 124 Å². The van der Waals surface area contributed by atoms with Crippen LogP contribution in [0.25, 0.3) is 0 Å². The molecule has 1 aliphatic rings. The van der Waals surface area contributed by atoms with E-state index in [9.17, 15) is 19.8 Å². The highest BCUT2D eigenvalue weighted by Gasteiger charge is 2.43. The Balaban J connectivity index is 2.01. The number of carboxylic acid groups (broad SMARTS) is 1. The van der Waals surface area contributed by atoms with Crippen molar-refractivity contribution in [1.82, 2.24) is 5.32 Å². The molecule has 0 heterocycles. The molecule has 1 saturated carbocycles. The van der Waals surface area contributed by atoms with Crippen LogP contribution >= 0.6 is 0 Å². The molecule has 5 nitrogen and oxygen atoms in total. The zero-order chi connectivity index (χ0) is 15.3. The summed E-state index contributed by atoms with van der Waals surface area (Å²) >= 11 is 0. The minimum absolute atomic E-state index is 0.0222.